The molecular formula is C51H73N7O7. The molecule has 65 heavy (non-hydrogen) atoms. The predicted octanol–water partition coefficient (Wildman–Crippen LogP) is 6.71. The fraction of sp³-hybridized carbons (Fsp3) is 0.588. The number of piperidine rings is 3. The van der Waals surface area contributed by atoms with Gasteiger partial charge in [-0.2, -0.15) is 0 Å². The summed E-state index contributed by atoms with van der Waals surface area (Å²) in [4.78, 5) is 68.3. The lowest BCUT2D eigenvalue weighted by atomic mass is 9.89. The third-order valence-corrected chi connectivity index (χ3v) is 13.3. The van der Waals surface area contributed by atoms with E-state index in [2.05, 4.69) is 20.9 Å². The topological polar surface area (TPSA) is 167 Å². The van der Waals surface area contributed by atoms with E-state index in [0.29, 0.717) is 57.4 Å². The van der Waals surface area contributed by atoms with Crippen LogP contribution in [0.15, 0.2) is 58.1 Å². The minimum Gasteiger partial charge on any atom is -0.444 e. The highest BCUT2D eigenvalue weighted by Crippen LogP contribution is 2.28. The van der Waals surface area contributed by atoms with Gasteiger partial charge < -0.3 is 44.7 Å². The van der Waals surface area contributed by atoms with Gasteiger partial charge in [0.05, 0.1) is 16.6 Å². The number of fused-ring (bicyclic) bond motifs is 2. The highest BCUT2D eigenvalue weighted by molar-refractivity contribution is 5.99. The van der Waals surface area contributed by atoms with Crippen LogP contribution in [0.4, 0.5) is 4.79 Å². The number of nitrogens with one attached hydrogen (secondary N) is 3. The lowest BCUT2D eigenvalue weighted by molar-refractivity contribution is -0.0541. The van der Waals surface area contributed by atoms with Gasteiger partial charge in [-0.15, -0.1) is 0 Å². The summed E-state index contributed by atoms with van der Waals surface area (Å²) in [6, 6.07) is 15.2. The number of hydrogen-bond acceptors (Lipinski definition) is 9. The van der Waals surface area contributed by atoms with Crippen LogP contribution in [0.1, 0.15) is 131 Å². The van der Waals surface area contributed by atoms with E-state index in [0.717, 1.165) is 84.8 Å². The lowest BCUT2D eigenvalue weighted by Gasteiger charge is -2.42. The standard InChI is InChI=1S/C31H46N4O5.C20H27N3O2/c1-21(2)35-26-9-7-8-22(3)24(26)18-25(28(35)37)27(36)32-19-23-10-14-33(15-11-23)20-31(39)12-16-34(17-13-31)29(38)40-30(4,5)6;1-13(2)23-18-6-4-5-14(3)16(18)11-17(20(23)25)19(24)22-12-15-7-9-21-10-8-15/h7-9,18,21,23,39H,10-17,19-20H2,1-6H3,(H,32,36);4-6,11,13,15,21H,7-10,12H2,1-3H3,(H,22,24). The van der Waals surface area contributed by atoms with Crippen LogP contribution in [0.5, 0.6) is 0 Å². The molecule has 3 saturated heterocycles. The minimum atomic E-state index is -0.815. The molecule has 0 unspecified atom stereocenters. The molecule has 3 aliphatic heterocycles. The van der Waals surface area contributed by atoms with Crippen LogP contribution >= 0.6 is 0 Å². The van der Waals surface area contributed by atoms with Crippen LogP contribution in [0.3, 0.4) is 0 Å². The van der Waals surface area contributed by atoms with Gasteiger partial charge in [0.15, 0.2) is 0 Å². The Kier molecular flexibility index (Phi) is 16.0. The van der Waals surface area contributed by atoms with Crippen LogP contribution < -0.4 is 27.1 Å². The predicted molar refractivity (Wildman–Crippen MR) is 258 cm³/mol. The zero-order chi connectivity index (χ0) is 47.2. The van der Waals surface area contributed by atoms with Gasteiger partial charge in [-0.25, -0.2) is 4.79 Å². The van der Waals surface area contributed by atoms with Crippen LogP contribution in [0.2, 0.25) is 0 Å². The Morgan fingerprint density at radius 2 is 1.18 bits per heavy atom. The summed E-state index contributed by atoms with van der Waals surface area (Å²) in [6.45, 7) is 23.8. The van der Waals surface area contributed by atoms with E-state index in [4.69, 9.17) is 4.74 Å². The number of carbonyl (C=O) groups excluding carboxylic acids is 3. The monoisotopic (exact) mass is 896 g/mol. The van der Waals surface area contributed by atoms with Gasteiger partial charge >= 0.3 is 6.09 Å². The average Bonchev–Trinajstić information content (AvgIpc) is 3.25. The maximum absolute atomic E-state index is 13.3. The average molecular weight is 896 g/mol. The normalized spacial score (nSPS) is 17.6. The van der Waals surface area contributed by atoms with Gasteiger partial charge in [-0.05, 0) is 174 Å². The summed E-state index contributed by atoms with van der Waals surface area (Å²) in [5, 5.41) is 22.4. The fourth-order valence-electron chi connectivity index (χ4n) is 9.47. The molecular weight excluding hydrogens is 823 g/mol. The number of hydrogen-bond donors (Lipinski definition) is 4. The van der Waals surface area contributed by atoms with Crippen molar-refractivity contribution in [1.29, 1.82) is 0 Å². The summed E-state index contributed by atoms with van der Waals surface area (Å²) in [5.41, 5.74) is 2.45. The SMILES string of the molecule is Cc1cccc2c1cc(C(=O)NCC1CCN(CC3(O)CCN(C(=O)OC(C)(C)C)CC3)CC1)c(=O)n2C(C)C.Cc1cccc2c1cc(C(=O)NCC1CCNCC1)c(=O)n2C(C)C. The van der Waals surface area contributed by atoms with Gasteiger partial charge in [0.25, 0.3) is 22.9 Å². The van der Waals surface area contributed by atoms with E-state index in [1.807, 2.05) is 98.7 Å². The molecule has 4 N–H and O–H groups in total. The molecule has 0 saturated carbocycles. The van der Waals surface area contributed by atoms with Crippen molar-refractivity contribution in [2.24, 2.45) is 11.8 Å². The maximum Gasteiger partial charge on any atom is 0.410 e. The quantitative estimate of drug-likeness (QED) is 0.135. The highest BCUT2D eigenvalue weighted by atomic mass is 16.6. The summed E-state index contributed by atoms with van der Waals surface area (Å²) < 4.78 is 8.90. The summed E-state index contributed by atoms with van der Waals surface area (Å²) in [7, 11) is 0. The fourth-order valence-corrected chi connectivity index (χ4v) is 9.47. The van der Waals surface area contributed by atoms with Gasteiger partial charge in [0.2, 0.25) is 0 Å². The number of ether oxygens (including phenoxy) is 1. The van der Waals surface area contributed by atoms with Crippen molar-refractivity contribution in [1.82, 2.24) is 34.9 Å². The molecule has 7 rings (SSSR count). The first kappa shape index (κ1) is 49.4. The molecule has 4 aromatic rings. The van der Waals surface area contributed by atoms with E-state index in [9.17, 15) is 29.1 Å². The van der Waals surface area contributed by atoms with Crippen LogP contribution in [-0.4, -0.2) is 112 Å². The Hall–Kier alpha value is -5.05. The Balaban J connectivity index is 0.000000239. The van der Waals surface area contributed by atoms with Crippen molar-refractivity contribution in [3.05, 3.63) is 91.5 Å². The molecule has 0 atom stereocenters. The second-order valence-electron chi connectivity index (χ2n) is 20.2. The van der Waals surface area contributed by atoms with Crippen molar-refractivity contribution in [2.75, 3.05) is 58.9 Å². The van der Waals surface area contributed by atoms with E-state index in [1.165, 1.54) is 0 Å². The molecule has 0 bridgehead atoms. The largest absolute Gasteiger partial charge is 0.444 e. The zero-order valence-corrected chi connectivity index (χ0v) is 40.2. The van der Waals surface area contributed by atoms with Gasteiger partial charge in [0.1, 0.15) is 16.7 Å². The molecule has 0 radical (unpaired) electrons. The highest BCUT2D eigenvalue weighted by Gasteiger charge is 2.37. The summed E-state index contributed by atoms with van der Waals surface area (Å²) >= 11 is 0. The molecule has 3 amide bonds. The number of aliphatic hydroxyl groups is 1. The zero-order valence-electron chi connectivity index (χ0n) is 40.2. The van der Waals surface area contributed by atoms with Crippen LogP contribution in [0, 0.1) is 25.7 Å². The number of rotatable bonds is 10. The van der Waals surface area contributed by atoms with Crippen molar-refractivity contribution >= 4 is 39.7 Å². The molecule has 3 aliphatic rings. The van der Waals surface area contributed by atoms with Crippen LogP contribution in [-0.2, 0) is 4.74 Å². The van der Waals surface area contributed by atoms with Gasteiger partial charge in [-0.1, -0.05) is 24.3 Å². The Morgan fingerprint density at radius 1 is 0.738 bits per heavy atom. The molecule has 2 aromatic carbocycles. The van der Waals surface area contributed by atoms with E-state index in [1.54, 1.807) is 26.2 Å². The second-order valence-corrected chi connectivity index (χ2v) is 20.2. The van der Waals surface area contributed by atoms with Gasteiger partial charge in [-0.3, -0.25) is 19.2 Å². The van der Waals surface area contributed by atoms with Crippen LogP contribution in [0.25, 0.3) is 21.8 Å². The number of pyridine rings is 2. The van der Waals surface area contributed by atoms with E-state index >= 15 is 0 Å². The number of likely N-dealkylation sites (tertiary alicyclic amines) is 2. The molecule has 5 heterocycles. The van der Waals surface area contributed by atoms with E-state index < -0.39 is 11.2 Å². The Morgan fingerprint density at radius 3 is 1.62 bits per heavy atom. The van der Waals surface area contributed by atoms with Crippen molar-refractivity contribution < 1.29 is 24.2 Å². The summed E-state index contributed by atoms with van der Waals surface area (Å²) in [6.07, 6.45) is 4.68. The molecule has 14 nitrogen and oxygen atoms in total. The number of carbonyl (C=O) groups is 3. The number of aromatic nitrogens is 2. The molecule has 0 aliphatic carbocycles. The smallest absolute Gasteiger partial charge is 0.410 e. The molecule has 354 valence electrons. The first-order valence-electron chi connectivity index (χ1n) is 23.7. The third kappa shape index (κ3) is 12.2. The molecule has 0 spiro atoms. The number of aryl methyl sites for hydroxylation is 2. The number of amides is 3. The molecule has 2 aromatic heterocycles. The first-order chi connectivity index (χ1) is 30.7. The Labute approximate surface area is 384 Å². The van der Waals surface area contributed by atoms with Gasteiger partial charge in [0, 0.05) is 55.6 Å². The van der Waals surface area contributed by atoms with Crippen molar-refractivity contribution in [3.63, 3.8) is 0 Å². The second kappa shape index (κ2) is 21.1. The number of benzene rings is 2. The minimum absolute atomic E-state index is 0.00558. The first-order valence-corrected chi connectivity index (χ1v) is 23.7. The Bertz CT molecular complexity index is 2450. The third-order valence-electron chi connectivity index (χ3n) is 13.3. The number of β-amino-alcohol motifs (C(OH)–C–C–N with tert-alkyl or cyclic N) is 1. The number of nitrogens with zero attached hydrogens (tertiary/aromatic N) is 4. The maximum atomic E-state index is 13.3. The van der Waals surface area contributed by atoms with Crippen molar-refractivity contribution in [3.8, 4) is 0 Å². The summed E-state index contributed by atoms with van der Waals surface area (Å²) in [5.74, 6) is 0.221. The van der Waals surface area contributed by atoms with E-state index in [-0.39, 0.29) is 52.2 Å². The molecule has 3 fully saturated rings. The molecule has 14 heteroatoms. The lowest BCUT2D eigenvalue weighted by Crippen LogP contribution is -2.54. The van der Waals surface area contributed by atoms with Crippen molar-refractivity contribution in [2.45, 2.75) is 124 Å².